The van der Waals surface area contributed by atoms with Crippen LogP contribution in [0.4, 0.5) is 11.4 Å². The summed E-state index contributed by atoms with van der Waals surface area (Å²) in [6.07, 6.45) is 1.67. The maximum atomic E-state index is 12.7. The first-order chi connectivity index (χ1) is 13.3. The molecular formula is C19H15N3O4S2. The monoisotopic (exact) mass is 413 g/mol. The Morgan fingerprint density at radius 1 is 1.21 bits per heavy atom. The van der Waals surface area contributed by atoms with Crippen molar-refractivity contribution in [1.29, 1.82) is 0 Å². The van der Waals surface area contributed by atoms with Crippen molar-refractivity contribution in [2.75, 3.05) is 19.0 Å². The molecule has 0 unspecified atom stereocenters. The van der Waals surface area contributed by atoms with Gasteiger partial charge in [0.05, 0.1) is 9.83 Å². The van der Waals surface area contributed by atoms with Crippen LogP contribution >= 0.6 is 24.0 Å². The average molecular weight is 413 g/mol. The van der Waals surface area contributed by atoms with E-state index in [2.05, 4.69) is 0 Å². The highest BCUT2D eigenvalue weighted by Gasteiger charge is 2.37. The number of non-ortho nitro benzene ring substituents is 1. The topological polar surface area (TPSA) is 83.8 Å². The van der Waals surface area contributed by atoms with Gasteiger partial charge in [-0.1, -0.05) is 42.2 Å². The number of imide groups is 1. The number of nitro groups is 1. The third kappa shape index (κ3) is 3.95. The molecule has 0 spiro atoms. The zero-order chi connectivity index (χ0) is 20.4. The lowest BCUT2D eigenvalue weighted by Crippen LogP contribution is -2.34. The SMILES string of the molecule is CN(C)c1ccc(C=C2SC(=S)N(C(=O)c3cccc([N+](=O)[O-])c3)C2=O)cc1. The molecule has 2 amide bonds. The van der Waals surface area contributed by atoms with E-state index < -0.39 is 16.7 Å². The van der Waals surface area contributed by atoms with Gasteiger partial charge in [0.15, 0.2) is 4.32 Å². The first-order valence-corrected chi connectivity index (χ1v) is 9.34. The van der Waals surface area contributed by atoms with Gasteiger partial charge in [-0.25, -0.2) is 4.90 Å². The van der Waals surface area contributed by atoms with Gasteiger partial charge < -0.3 is 4.90 Å². The molecular weight excluding hydrogens is 398 g/mol. The quantitative estimate of drug-likeness (QED) is 0.248. The summed E-state index contributed by atoms with van der Waals surface area (Å²) in [6, 6.07) is 12.8. The maximum absolute atomic E-state index is 12.7. The molecule has 0 radical (unpaired) electrons. The minimum Gasteiger partial charge on any atom is -0.378 e. The Hall–Kier alpha value is -3.04. The van der Waals surface area contributed by atoms with Crippen LogP contribution in [0.3, 0.4) is 0 Å². The van der Waals surface area contributed by atoms with Crippen molar-refractivity contribution < 1.29 is 14.5 Å². The second-order valence-corrected chi connectivity index (χ2v) is 7.79. The lowest BCUT2D eigenvalue weighted by molar-refractivity contribution is -0.384. The van der Waals surface area contributed by atoms with E-state index in [1.165, 1.54) is 18.2 Å². The summed E-state index contributed by atoms with van der Waals surface area (Å²) in [5.41, 5.74) is 1.62. The van der Waals surface area contributed by atoms with Crippen LogP contribution in [0.5, 0.6) is 0 Å². The van der Waals surface area contributed by atoms with Crippen LogP contribution in [-0.2, 0) is 4.79 Å². The van der Waals surface area contributed by atoms with Crippen molar-refractivity contribution in [2.24, 2.45) is 0 Å². The predicted molar refractivity (Wildman–Crippen MR) is 113 cm³/mol. The number of nitrogens with zero attached hydrogens (tertiary/aromatic N) is 3. The van der Waals surface area contributed by atoms with Crippen LogP contribution in [0.2, 0.25) is 0 Å². The van der Waals surface area contributed by atoms with E-state index in [9.17, 15) is 19.7 Å². The summed E-state index contributed by atoms with van der Waals surface area (Å²) >= 11 is 6.22. The number of carbonyl (C=O) groups is 2. The number of thiocarbonyl (C=S) groups is 1. The molecule has 1 heterocycles. The Morgan fingerprint density at radius 2 is 1.89 bits per heavy atom. The van der Waals surface area contributed by atoms with E-state index >= 15 is 0 Å². The molecule has 142 valence electrons. The van der Waals surface area contributed by atoms with Crippen LogP contribution in [0.1, 0.15) is 15.9 Å². The van der Waals surface area contributed by atoms with Crippen molar-refractivity contribution in [3.8, 4) is 0 Å². The van der Waals surface area contributed by atoms with Gasteiger partial charge in [-0.15, -0.1) is 0 Å². The molecule has 0 aliphatic carbocycles. The number of carbonyl (C=O) groups excluding carboxylic acids is 2. The van der Waals surface area contributed by atoms with Crippen LogP contribution in [0.25, 0.3) is 6.08 Å². The zero-order valence-corrected chi connectivity index (χ0v) is 16.6. The molecule has 2 aromatic carbocycles. The maximum Gasteiger partial charge on any atom is 0.273 e. The zero-order valence-electron chi connectivity index (χ0n) is 15.0. The molecule has 9 heteroatoms. The summed E-state index contributed by atoms with van der Waals surface area (Å²) in [7, 11) is 3.86. The first-order valence-electron chi connectivity index (χ1n) is 8.12. The fourth-order valence-electron chi connectivity index (χ4n) is 2.54. The number of amides is 2. The molecule has 0 saturated carbocycles. The second-order valence-electron chi connectivity index (χ2n) is 6.12. The lowest BCUT2D eigenvalue weighted by atomic mass is 10.1. The Morgan fingerprint density at radius 3 is 2.50 bits per heavy atom. The van der Waals surface area contributed by atoms with Crippen molar-refractivity contribution in [3.63, 3.8) is 0 Å². The summed E-state index contributed by atoms with van der Waals surface area (Å²) in [6.45, 7) is 0. The van der Waals surface area contributed by atoms with Gasteiger partial charge in [0.2, 0.25) is 0 Å². The van der Waals surface area contributed by atoms with E-state index in [-0.39, 0.29) is 15.6 Å². The van der Waals surface area contributed by atoms with E-state index in [1.54, 1.807) is 6.08 Å². The Balaban J connectivity index is 1.86. The van der Waals surface area contributed by atoms with Crippen molar-refractivity contribution >= 4 is 57.6 Å². The predicted octanol–water partition coefficient (Wildman–Crippen LogP) is 3.70. The molecule has 0 bridgehead atoms. The third-order valence-electron chi connectivity index (χ3n) is 4.01. The molecule has 0 N–H and O–H groups in total. The fourth-order valence-corrected chi connectivity index (χ4v) is 3.80. The number of benzene rings is 2. The number of nitro benzene ring substituents is 1. The molecule has 7 nitrogen and oxygen atoms in total. The molecule has 0 atom stereocenters. The smallest absolute Gasteiger partial charge is 0.273 e. The average Bonchev–Trinajstić information content (AvgIpc) is 2.95. The van der Waals surface area contributed by atoms with Gasteiger partial charge in [0.25, 0.3) is 17.5 Å². The normalized spacial score (nSPS) is 15.2. The molecule has 1 saturated heterocycles. The van der Waals surface area contributed by atoms with Crippen LogP contribution in [0.15, 0.2) is 53.4 Å². The number of thioether (sulfide) groups is 1. The van der Waals surface area contributed by atoms with E-state index in [4.69, 9.17) is 12.2 Å². The number of hydrogen-bond acceptors (Lipinski definition) is 7. The van der Waals surface area contributed by atoms with Crippen LogP contribution in [-0.4, -0.2) is 40.1 Å². The Labute approximate surface area is 170 Å². The highest BCUT2D eigenvalue weighted by molar-refractivity contribution is 8.26. The minimum atomic E-state index is -0.683. The van der Waals surface area contributed by atoms with Gasteiger partial charge in [0, 0.05) is 37.5 Å². The molecule has 1 aliphatic rings. The number of rotatable bonds is 4. The van der Waals surface area contributed by atoms with E-state index in [0.717, 1.165) is 34.0 Å². The van der Waals surface area contributed by atoms with Crippen molar-refractivity contribution in [3.05, 3.63) is 74.7 Å². The summed E-state index contributed by atoms with van der Waals surface area (Å²) < 4.78 is 0.0951. The van der Waals surface area contributed by atoms with Gasteiger partial charge in [-0.3, -0.25) is 19.7 Å². The third-order valence-corrected chi connectivity index (χ3v) is 5.31. The standard InChI is InChI=1S/C19H15N3O4S2/c1-20(2)14-8-6-12(7-9-14)10-16-18(24)21(19(27)28-16)17(23)13-4-3-5-15(11-13)22(25)26/h3-11H,1-2H3. The highest BCUT2D eigenvalue weighted by Crippen LogP contribution is 2.34. The Kier molecular flexibility index (Phi) is 5.57. The van der Waals surface area contributed by atoms with Crippen LogP contribution < -0.4 is 4.90 Å². The highest BCUT2D eigenvalue weighted by atomic mass is 32.2. The fraction of sp³-hybridized carbons (Fsp3) is 0.105. The van der Waals surface area contributed by atoms with Gasteiger partial charge >= 0.3 is 0 Å². The molecule has 0 aromatic heterocycles. The number of anilines is 1. The number of hydrogen-bond donors (Lipinski definition) is 0. The van der Waals surface area contributed by atoms with Gasteiger partial charge in [0.1, 0.15) is 0 Å². The van der Waals surface area contributed by atoms with Crippen molar-refractivity contribution in [2.45, 2.75) is 0 Å². The van der Waals surface area contributed by atoms with Crippen LogP contribution in [0, 0.1) is 10.1 Å². The van der Waals surface area contributed by atoms with E-state index in [0.29, 0.717) is 4.91 Å². The molecule has 2 aromatic rings. The Bertz CT molecular complexity index is 1020. The molecule has 1 aliphatic heterocycles. The minimum absolute atomic E-state index is 0.0297. The second kappa shape index (κ2) is 7.91. The molecule has 28 heavy (non-hydrogen) atoms. The first kappa shape index (κ1) is 19.7. The van der Waals surface area contributed by atoms with E-state index in [1.807, 2.05) is 43.3 Å². The summed E-state index contributed by atoms with van der Waals surface area (Å²) in [5.74, 6) is -1.22. The van der Waals surface area contributed by atoms with Gasteiger partial charge in [-0.2, -0.15) is 0 Å². The molecule has 1 fully saturated rings. The molecule has 3 rings (SSSR count). The van der Waals surface area contributed by atoms with Gasteiger partial charge in [-0.05, 0) is 29.8 Å². The van der Waals surface area contributed by atoms with Crippen molar-refractivity contribution in [1.82, 2.24) is 4.90 Å². The largest absolute Gasteiger partial charge is 0.378 e. The summed E-state index contributed by atoms with van der Waals surface area (Å²) in [4.78, 5) is 38.9. The summed E-state index contributed by atoms with van der Waals surface area (Å²) in [5, 5.41) is 10.9. The lowest BCUT2D eigenvalue weighted by Gasteiger charge is -2.12.